The molecule has 0 saturated carbocycles. The zero-order chi connectivity index (χ0) is 15.5. The maximum atomic E-state index is 12.5. The van der Waals surface area contributed by atoms with Gasteiger partial charge in [0, 0.05) is 24.0 Å². The zero-order valence-electron chi connectivity index (χ0n) is 13.9. The monoisotopic (exact) mass is 320 g/mol. The number of nitrogens with one attached hydrogen (secondary N) is 1. The van der Waals surface area contributed by atoms with Crippen molar-refractivity contribution in [1.82, 2.24) is 10.2 Å². The smallest absolute Gasteiger partial charge is 0.261 e. The van der Waals surface area contributed by atoms with Gasteiger partial charge in [-0.25, -0.2) is 0 Å². The van der Waals surface area contributed by atoms with Crippen LogP contribution < -0.4 is 5.32 Å². The fourth-order valence-corrected chi connectivity index (χ4v) is 4.80. The van der Waals surface area contributed by atoms with Gasteiger partial charge in [-0.15, -0.1) is 11.3 Å². The molecule has 0 bridgehead atoms. The molecule has 1 N–H and O–H groups in total. The molecule has 22 heavy (non-hydrogen) atoms. The largest absolute Gasteiger partial charge is 0.349 e. The summed E-state index contributed by atoms with van der Waals surface area (Å²) in [5, 5.41) is 3.26. The van der Waals surface area contributed by atoms with E-state index in [1.807, 2.05) is 0 Å². The molecule has 0 unspecified atom stereocenters. The lowest BCUT2D eigenvalue weighted by Gasteiger charge is -2.31. The van der Waals surface area contributed by atoms with Gasteiger partial charge in [-0.3, -0.25) is 4.79 Å². The Balaban J connectivity index is 1.54. The molecule has 1 aromatic heterocycles. The Labute approximate surface area is 138 Å². The second kappa shape index (κ2) is 7.14. The predicted molar refractivity (Wildman–Crippen MR) is 92.7 cm³/mol. The van der Waals surface area contributed by atoms with Crippen molar-refractivity contribution < 1.29 is 4.79 Å². The molecule has 1 saturated heterocycles. The van der Waals surface area contributed by atoms with Gasteiger partial charge < -0.3 is 10.2 Å². The molecule has 4 heteroatoms. The van der Waals surface area contributed by atoms with Gasteiger partial charge in [0.1, 0.15) is 0 Å². The van der Waals surface area contributed by atoms with Crippen LogP contribution in [0, 0.1) is 5.92 Å². The summed E-state index contributed by atoms with van der Waals surface area (Å²) in [6.45, 7) is 7.97. The number of carbonyl (C=O) groups excluding carboxylic acids is 1. The number of thiophene rings is 1. The van der Waals surface area contributed by atoms with Crippen LogP contribution >= 0.6 is 11.3 Å². The zero-order valence-corrected chi connectivity index (χ0v) is 14.7. The first-order valence-electron chi connectivity index (χ1n) is 8.80. The first-order chi connectivity index (χ1) is 10.7. The fraction of sp³-hybridized carbons (Fsp3) is 0.722. The number of rotatable bonds is 4. The van der Waals surface area contributed by atoms with Gasteiger partial charge >= 0.3 is 0 Å². The van der Waals surface area contributed by atoms with Crippen LogP contribution in [0.2, 0.25) is 0 Å². The minimum absolute atomic E-state index is 0.154. The molecule has 1 aromatic rings. The number of nitrogens with zero attached hydrogens (tertiary/aromatic N) is 1. The molecule has 1 aliphatic carbocycles. The Morgan fingerprint density at radius 1 is 1.36 bits per heavy atom. The maximum absolute atomic E-state index is 12.5. The van der Waals surface area contributed by atoms with E-state index in [2.05, 4.69) is 30.1 Å². The Hall–Kier alpha value is -0.870. The molecule has 1 fully saturated rings. The summed E-state index contributed by atoms with van der Waals surface area (Å²) in [4.78, 5) is 17.4. The van der Waals surface area contributed by atoms with Gasteiger partial charge in [0.2, 0.25) is 0 Å². The van der Waals surface area contributed by atoms with Crippen molar-refractivity contribution >= 4 is 17.2 Å². The summed E-state index contributed by atoms with van der Waals surface area (Å²) < 4.78 is 0. The predicted octanol–water partition coefficient (Wildman–Crippen LogP) is 3.48. The highest BCUT2D eigenvalue weighted by Gasteiger charge is 2.24. The van der Waals surface area contributed by atoms with Gasteiger partial charge in [0.05, 0.1) is 4.88 Å². The van der Waals surface area contributed by atoms with Gasteiger partial charge in [-0.05, 0) is 62.6 Å². The third-order valence-corrected chi connectivity index (χ3v) is 6.25. The van der Waals surface area contributed by atoms with Crippen LogP contribution in [0.1, 0.15) is 59.6 Å². The number of hydrogen-bond donors (Lipinski definition) is 1. The van der Waals surface area contributed by atoms with Crippen LogP contribution in [0.15, 0.2) is 6.07 Å². The third-order valence-electron chi connectivity index (χ3n) is 5.02. The molecule has 3 rings (SSSR count). The number of carbonyl (C=O) groups is 1. The second-order valence-corrected chi connectivity index (χ2v) is 8.13. The highest BCUT2D eigenvalue weighted by molar-refractivity contribution is 7.14. The highest BCUT2D eigenvalue weighted by Crippen LogP contribution is 2.32. The van der Waals surface area contributed by atoms with E-state index in [9.17, 15) is 4.79 Å². The van der Waals surface area contributed by atoms with Crippen LogP contribution in [0.4, 0.5) is 0 Å². The second-order valence-electron chi connectivity index (χ2n) is 7.00. The first-order valence-corrected chi connectivity index (χ1v) is 9.62. The normalized spacial score (nSPS) is 23.3. The van der Waals surface area contributed by atoms with E-state index in [4.69, 9.17) is 0 Å². The van der Waals surface area contributed by atoms with Crippen molar-refractivity contribution in [3.63, 3.8) is 0 Å². The Morgan fingerprint density at radius 2 is 2.14 bits per heavy atom. The number of aryl methyl sites for hydroxylation is 1. The van der Waals surface area contributed by atoms with E-state index < -0.39 is 0 Å². The Kier molecular flexibility index (Phi) is 5.19. The molecule has 1 aliphatic heterocycles. The molecular weight excluding hydrogens is 292 g/mol. The topological polar surface area (TPSA) is 32.3 Å². The van der Waals surface area contributed by atoms with E-state index in [-0.39, 0.29) is 5.91 Å². The minimum atomic E-state index is 0.154. The summed E-state index contributed by atoms with van der Waals surface area (Å²) in [7, 11) is 0. The summed E-state index contributed by atoms with van der Waals surface area (Å²) in [6.07, 6.45) is 6.97. The molecule has 0 aromatic carbocycles. The minimum Gasteiger partial charge on any atom is -0.349 e. The van der Waals surface area contributed by atoms with E-state index in [0.29, 0.717) is 6.04 Å². The van der Waals surface area contributed by atoms with E-state index in [1.54, 1.807) is 11.3 Å². The summed E-state index contributed by atoms with van der Waals surface area (Å²) >= 11 is 1.72. The molecule has 1 amide bonds. The van der Waals surface area contributed by atoms with E-state index in [1.165, 1.54) is 29.8 Å². The molecule has 2 heterocycles. The number of hydrogen-bond acceptors (Lipinski definition) is 3. The third kappa shape index (κ3) is 3.72. The number of piperidine rings is 1. The summed E-state index contributed by atoms with van der Waals surface area (Å²) in [5.41, 5.74) is 1.42. The van der Waals surface area contributed by atoms with Gasteiger partial charge in [-0.2, -0.15) is 0 Å². The number of fused-ring (bicyclic) bond motifs is 1. The average molecular weight is 321 g/mol. The van der Waals surface area contributed by atoms with Crippen molar-refractivity contribution in [3.8, 4) is 0 Å². The van der Waals surface area contributed by atoms with Crippen LogP contribution in [0.3, 0.4) is 0 Å². The van der Waals surface area contributed by atoms with Crippen molar-refractivity contribution in [2.24, 2.45) is 5.92 Å². The van der Waals surface area contributed by atoms with Gasteiger partial charge in [0.15, 0.2) is 0 Å². The maximum Gasteiger partial charge on any atom is 0.261 e. The van der Waals surface area contributed by atoms with E-state index >= 15 is 0 Å². The molecule has 0 radical (unpaired) electrons. The van der Waals surface area contributed by atoms with Crippen molar-refractivity contribution in [3.05, 3.63) is 21.4 Å². The van der Waals surface area contributed by atoms with Crippen LogP contribution in [0.5, 0.6) is 0 Å². The molecule has 1 atom stereocenters. The quantitative estimate of drug-likeness (QED) is 0.921. The molecular formula is C18H28N2OS. The van der Waals surface area contributed by atoms with Crippen molar-refractivity contribution in [2.45, 2.75) is 58.4 Å². The van der Waals surface area contributed by atoms with Crippen LogP contribution in [0.25, 0.3) is 0 Å². The number of amides is 1. The van der Waals surface area contributed by atoms with Crippen LogP contribution in [-0.4, -0.2) is 36.5 Å². The lowest BCUT2D eigenvalue weighted by atomic mass is 9.90. The highest BCUT2D eigenvalue weighted by atomic mass is 32.1. The van der Waals surface area contributed by atoms with Crippen molar-refractivity contribution in [2.75, 3.05) is 19.6 Å². The fourth-order valence-electron chi connectivity index (χ4n) is 3.69. The molecule has 122 valence electrons. The van der Waals surface area contributed by atoms with E-state index in [0.717, 1.165) is 49.6 Å². The Bertz CT molecular complexity index is 517. The lowest BCUT2D eigenvalue weighted by Crippen LogP contribution is -2.44. The molecule has 0 spiro atoms. The van der Waals surface area contributed by atoms with Crippen molar-refractivity contribution in [1.29, 1.82) is 0 Å². The summed E-state index contributed by atoms with van der Waals surface area (Å²) in [6, 6.07) is 2.51. The van der Waals surface area contributed by atoms with Gasteiger partial charge in [0.25, 0.3) is 5.91 Å². The summed E-state index contributed by atoms with van der Waals surface area (Å²) in [5.74, 6) is 0.918. The molecule has 2 aliphatic rings. The van der Waals surface area contributed by atoms with Crippen LogP contribution in [-0.2, 0) is 12.8 Å². The number of likely N-dealkylation sites (tertiary alicyclic amines) is 1. The first kappa shape index (κ1) is 16.0. The lowest BCUT2D eigenvalue weighted by molar-refractivity contribution is 0.0915. The standard InChI is InChI=1S/C18H28N2OS/c1-3-8-20-9-6-15(7-10-20)19-18(21)17-12-14-11-13(2)4-5-16(14)22-17/h12-13,15H,3-11H2,1-2H3,(H,19,21)/t13-/m0/s1. The SMILES string of the molecule is CCCN1CCC(NC(=O)c2cc3c(s2)CC[C@H](C)C3)CC1. The Morgan fingerprint density at radius 3 is 2.86 bits per heavy atom. The average Bonchev–Trinajstić information content (AvgIpc) is 2.92. The molecule has 3 nitrogen and oxygen atoms in total. The van der Waals surface area contributed by atoms with Gasteiger partial charge in [-0.1, -0.05) is 13.8 Å².